The number of para-hydroxylation sites is 1. The van der Waals surface area contributed by atoms with Gasteiger partial charge in [-0.3, -0.25) is 82.1 Å². The van der Waals surface area contributed by atoms with E-state index in [1.54, 1.807) is 24.3 Å². The monoisotopic (exact) mass is 1630 g/mol. The molecule has 4 aliphatic heterocycles. The van der Waals surface area contributed by atoms with Gasteiger partial charge < -0.3 is 125 Å². The summed E-state index contributed by atoms with van der Waals surface area (Å²) in [6.07, 6.45) is -10.6. The number of rotatable bonds is 19. The Morgan fingerprint density at radius 1 is 0.641 bits per heavy atom. The van der Waals surface area contributed by atoms with E-state index in [2.05, 4.69) is 79.4 Å². The molecule has 4 fully saturated rings. The number of nitrogens with two attached hydrogens (primary N) is 1. The maximum atomic E-state index is 15.5. The number of carbonyl (C=O) groups is 17. The van der Waals surface area contributed by atoms with Gasteiger partial charge in [0.2, 0.25) is 76.8 Å². The van der Waals surface area contributed by atoms with E-state index in [9.17, 15) is 63.9 Å². The van der Waals surface area contributed by atoms with Crippen molar-refractivity contribution in [2.24, 2.45) is 5.73 Å². The Morgan fingerprint density at radius 2 is 1.25 bits per heavy atom. The molecule has 8 rings (SSSR count). The highest BCUT2D eigenvalue weighted by molar-refractivity contribution is 6.02. The fraction of sp³-hybridized carbons (Fsp3) is 0.493. The molecule has 0 spiro atoms. The van der Waals surface area contributed by atoms with E-state index in [1.165, 1.54) is 54.7 Å². The molecular weight excluding hydrogens is 1540 g/mol. The average Bonchev–Trinajstić information content (AvgIpc) is 1.67. The number of aromatic hydroxyl groups is 2. The number of aliphatic carboxylic acids is 1. The molecule has 42 nitrogen and oxygen atoms in total. The van der Waals surface area contributed by atoms with Crippen LogP contribution < -0.4 is 80.2 Å². The van der Waals surface area contributed by atoms with Crippen LogP contribution in [0.5, 0.6) is 11.5 Å². The van der Waals surface area contributed by atoms with Crippen LogP contribution in [0.15, 0.2) is 79.0 Å². The molecule has 0 aliphatic carbocycles. The fourth-order valence-electron chi connectivity index (χ4n) is 13.4. The van der Waals surface area contributed by atoms with Crippen molar-refractivity contribution in [3.8, 4) is 11.5 Å². The number of aromatic amines is 1. The number of fused-ring (bicyclic) bond motifs is 13. The number of nitrogens with zero attached hydrogens (tertiary/aromatic N) is 1. The number of ether oxygens (including phenoxy) is 2. The second kappa shape index (κ2) is 41.8. The number of carboxylic acid groups (broad SMARTS) is 1. The van der Waals surface area contributed by atoms with Crippen LogP contribution in [0.2, 0.25) is 0 Å². The highest BCUT2D eigenvalue weighted by atomic mass is 16.5. The van der Waals surface area contributed by atoms with Gasteiger partial charge in [0.15, 0.2) is 12.1 Å². The highest BCUT2D eigenvalue weighted by Crippen LogP contribution is 2.24. The molecule has 5 heterocycles. The first-order valence-corrected chi connectivity index (χ1v) is 37.9. The van der Waals surface area contributed by atoms with Crippen molar-refractivity contribution >= 4 is 117 Å². The van der Waals surface area contributed by atoms with E-state index < -0.39 is 262 Å². The quantitative estimate of drug-likeness (QED) is 0.0180. The van der Waals surface area contributed by atoms with Gasteiger partial charge in [0.25, 0.3) is 5.91 Å². The summed E-state index contributed by atoms with van der Waals surface area (Å²) in [6, 6.07) is -8.13. The lowest BCUT2D eigenvalue weighted by atomic mass is 10.0. The second-order valence-electron chi connectivity index (χ2n) is 28.8. The van der Waals surface area contributed by atoms with Crippen molar-refractivity contribution in [1.29, 1.82) is 5.41 Å². The summed E-state index contributed by atoms with van der Waals surface area (Å²) < 4.78 is 11.4. The van der Waals surface area contributed by atoms with Crippen LogP contribution in [0.3, 0.4) is 0 Å². The number of guanidine groups is 1. The van der Waals surface area contributed by atoms with Crippen LogP contribution in [0.4, 0.5) is 0 Å². The number of hydrogen-bond donors (Lipinski definition) is 22. The average molecular weight is 1640 g/mol. The molecule has 1 aromatic heterocycles. The Kier molecular flexibility index (Phi) is 32.0. The Labute approximate surface area is 668 Å². The van der Waals surface area contributed by atoms with Crippen LogP contribution in [0.25, 0.3) is 10.9 Å². The Morgan fingerprint density at radius 3 is 1.91 bits per heavy atom. The SMILES string of the molecule is CC(=O)NC(C(=O)N[C@@H](C)C(=O)NC1C(=O)N[C@@H](CCCNC(=N)N)C(=O)N[C@H]2CCCCNC(=O)[C@H](O)C(C(=O)N[C@@H](Cc3ccc(O)cc3)C(=O)O)NC(=O)[C@@H]3CCC(=O)OC[C@H](NC(=O)C4CCCN4C(=O)[C@H](Cc4ccc(O)cc4)NC2=O)C(=O)N[C@@H](CC(=O)O[C@@H]1C)C(=O)N[C@H](Cc1c[nH]c2ccccc12)C(=O)N3)[C@@H](C)O. The zero-order chi connectivity index (χ0) is 85.5. The molecule has 4 aromatic rings. The van der Waals surface area contributed by atoms with Crippen LogP contribution in [-0.2, 0) is 110 Å². The zero-order valence-corrected chi connectivity index (χ0v) is 64.3. The number of carboxylic acids is 1. The molecule has 4 aliphatic rings. The molecule has 4 saturated heterocycles. The highest BCUT2D eigenvalue weighted by Gasteiger charge is 2.45. The number of cyclic esters (lactones) is 1. The minimum absolute atomic E-state index is 0.112. The molecule has 632 valence electrons. The number of aromatic nitrogens is 1. The summed E-state index contributed by atoms with van der Waals surface area (Å²) in [5, 5.41) is 95.1. The number of amides is 14. The van der Waals surface area contributed by atoms with Crippen molar-refractivity contribution in [2.45, 2.75) is 208 Å². The first-order valence-electron chi connectivity index (χ1n) is 37.9. The predicted molar refractivity (Wildman–Crippen MR) is 407 cm³/mol. The van der Waals surface area contributed by atoms with Crippen molar-refractivity contribution in [2.75, 3.05) is 26.2 Å². The van der Waals surface area contributed by atoms with E-state index >= 15 is 43.2 Å². The number of aliphatic hydroxyl groups is 2. The number of H-pyrrole nitrogens is 1. The molecule has 3 aromatic carbocycles. The summed E-state index contributed by atoms with van der Waals surface area (Å²) in [5.41, 5.74) is 6.93. The molecule has 23 N–H and O–H groups in total. The van der Waals surface area contributed by atoms with Crippen LogP contribution in [0.1, 0.15) is 109 Å². The van der Waals surface area contributed by atoms with Gasteiger partial charge in [-0.1, -0.05) is 42.5 Å². The molecule has 4 bridgehead atoms. The van der Waals surface area contributed by atoms with Gasteiger partial charge in [0.1, 0.15) is 103 Å². The molecule has 16 atom stereocenters. The topological polar surface area (TPSA) is 647 Å². The lowest BCUT2D eigenvalue weighted by molar-refractivity contribution is -0.154. The van der Waals surface area contributed by atoms with E-state index in [0.717, 1.165) is 32.6 Å². The molecule has 0 radical (unpaired) electrons. The first kappa shape index (κ1) is 89.5. The molecular formula is C75H98N18O24. The molecule has 42 heteroatoms. The van der Waals surface area contributed by atoms with Gasteiger partial charge in [0.05, 0.1) is 12.5 Å². The minimum Gasteiger partial charge on any atom is -0.508 e. The minimum atomic E-state index is -2.68. The third kappa shape index (κ3) is 25.7. The van der Waals surface area contributed by atoms with Gasteiger partial charge in [-0.2, -0.15) is 0 Å². The van der Waals surface area contributed by atoms with Gasteiger partial charge in [-0.15, -0.1) is 0 Å². The first-order chi connectivity index (χ1) is 55.5. The molecule has 14 amide bonds. The number of esters is 2. The van der Waals surface area contributed by atoms with E-state index in [4.69, 9.17) is 20.6 Å². The van der Waals surface area contributed by atoms with Crippen molar-refractivity contribution < 1.29 is 117 Å². The largest absolute Gasteiger partial charge is 0.508 e. The normalized spacial score (nSPS) is 25.1. The number of aliphatic hydroxyl groups excluding tert-OH is 2. The third-order valence-corrected chi connectivity index (χ3v) is 19.7. The fourth-order valence-corrected chi connectivity index (χ4v) is 13.4. The van der Waals surface area contributed by atoms with Crippen molar-refractivity contribution in [1.82, 2.24) is 84.3 Å². The standard InChI is InChI=1S/C75H98N18O24/c1-35(81-69(109)57(36(2)94)82-38(4)95)61(101)91-58-37(3)117-56(99)32-50-66(106)86-49(31-41-33-80-45-12-6-5-11-44(41)45)65(105)84-48-24-25-55(98)116-34-53(67(107)87-50)90-68(108)54-15-10-28-93(54)73(113)51(29-39-16-20-42(96)21-17-39)88-63(103)46(83-62(102)47(85-70(58)110)14-9-27-79-75(76)77)13-7-8-26-78-72(112)60(100)59(92-64(48)104)71(111)89-52(74(114)115)30-40-18-22-43(97)23-19-40/h5-6,11-12,16-23,33,35-37,46-54,57-60,80,94,96-97,100H,7-10,13-15,24-32,34H2,1-4H3,(H,78,112)(H,81,109)(H,82,95)(H,83,102)(H,84,105)(H,85,110)(H,86,106)(H,87,107)(H,88,103)(H,89,111)(H,90,108)(H,91,101)(H,92,104)(H,114,115)(H4,76,77,79)/t35-,36+,37+,46-,47-,48-,49+,50-,51-,52-,53-,54?,57?,58?,59?,60+/m0/s1. The van der Waals surface area contributed by atoms with Crippen LogP contribution in [-0.4, -0.2) is 265 Å². The van der Waals surface area contributed by atoms with Crippen LogP contribution in [0, 0.1) is 5.41 Å². The number of carbonyl (C=O) groups excluding carboxylic acids is 16. The Balaban J connectivity index is 1.32. The molecule has 4 unspecified atom stereocenters. The maximum Gasteiger partial charge on any atom is 0.326 e. The van der Waals surface area contributed by atoms with Crippen LogP contribution >= 0.6 is 0 Å². The summed E-state index contributed by atoms with van der Waals surface area (Å²) in [6.45, 7) is 2.40. The number of phenols is 2. The smallest absolute Gasteiger partial charge is 0.326 e. The summed E-state index contributed by atoms with van der Waals surface area (Å²) in [5.74, 6) is -22.7. The van der Waals surface area contributed by atoms with E-state index in [-0.39, 0.29) is 68.7 Å². The summed E-state index contributed by atoms with van der Waals surface area (Å²) >= 11 is 0. The molecule has 117 heavy (non-hydrogen) atoms. The predicted octanol–water partition coefficient (Wildman–Crippen LogP) is -6.48. The van der Waals surface area contributed by atoms with Gasteiger partial charge in [-0.25, -0.2) is 4.79 Å². The van der Waals surface area contributed by atoms with Crippen molar-refractivity contribution in [3.63, 3.8) is 0 Å². The van der Waals surface area contributed by atoms with E-state index in [1.807, 2.05) is 0 Å². The third-order valence-electron chi connectivity index (χ3n) is 19.7. The Bertz CT molecular complexity index is 4370. The molecule has 0 saturated carbocycles. The number of benzene rings is 3. The number of phenolic OH excluding ortho intramolecular Hbond substituents is 2. The van der Waals surface area contributed by atoms with Gasteiger partial charge in [-0.05, 0) is 119 Å². The second-order valence-corrected chi connectivity index (χ2v) is 28.8. The number of hydrogen-bond acceptors (Lipinski definition) is 24. The number of nitrogens with one attached hydrogen (secondary N) is 16. The Hall–Kier alpha value is -13.0. The van der Waals surface area contributed by atoms with Gasteiger partial charge in [0, 0.05) is 69.3 Å². The zero-order valence-electron chi connectivity index (χ0n) is 64.3. The lowest BCUT2D eigenvalue weighted by Crippen LogP contribution is -2.63. The lowest BCUT2D eigenvalue weighted by Gasteiger charge is -2.31. The van der Waals surface area contributed by atoms with E-state index in [0.29, 0.717) is 22.0 Å². The summed E-state index contributed by atoms with van der Waals surface area (Å²) in [4.78, 5) is 253. The summed E-state index contributed by atoms with van der Waals surface area (Å²) in [7, 11) is 0. The maximum absolute atomic E-state index is 15.5. The van der Waals surface area contributed by atoms with Gasteiger partial charge >= 0.3 is 17.9 Å². The van der Waals surface area contributed by atoms with Crippen molar-refractivity contribution in [3.05, 3.63) is 95.7 Å².